The van der Waals surface area contributed by atoms with Crippen molar-refractivity contribution in [1.82, 2.24) is 10.2 Å². The molecule has 1 heterocycles. The van der Waals surface area contributed by atoms with Crippen molar-refractivity contribution in [2.45, 2.75) is 104 Å². The van der Waals surface area contributed by atoms with E-state index in [-0.39, 0.29) is 48.8 Å². The summed E-state index contributed by atoms with van der Waals surface area (Å²) in [4.78, 5) is 28.0. The van der Waals surface area contributed by atoms with Crippen molar-refractivity contribution in [3.63, 3.8) is 0 Å². The smallest absolute Gasteiger partial charge is 0.417 e. The zero-order valence-electron chi connectivity index (χ0n) is 31.2. The zero-order chi connectivity index (χ0) is 37.5. The van der Waals surface area contributed by atoms with Crippen LogP contribution in [0.3, 0.4) is 0 Å². The third-order valence-corrected chi connectivity index (χ3v) is 10.2. The molecule has 1 amide bonds. The maximum Gasteiger partial charge on any atom is 0.417 e. The highest BCUT2D eigenvalue weighted by Gasteiger charge is 2.36. The van der Waals surface area contributed by atoms with E-state index in [0.717, 1.165) is 66.8 Å². The van der Waals surface area contributed by atoms with Crippen LogP contribution in [-0.2, 0) is 27.0 Å². The predicted octanol–water partition coefficient (Wildman–Crippen LogP) is 9.87. The summed E-state index contributed by atoms with van der Waals surface area (Å²) >= 11 is 0. The fourth-order valence-electron chi connectivity index (χ4n) is 7.26. The predicted molar refractivity (Wildman–Crippen MR) is 201 cm³/mol. The molecule has 5 rings (SSSR count). The Labute approximate surface area is 306 Å². The summed E-state index contributed by atoms with van der Waals surface area (Å²) < 4.78 is 56.3. The molecule has 9 heteroatoms. The lowest BCUT2D eigenvalue weighted by Gasteiger charge is -2.36. The summed E-state index contributed by atoms with van der Waals surface area (Å²) in [7, 11) is 0. The first-order valence-electron chi connectivity index (χ1n) is 18.6. The van der Waals surface area contributed by atoms with Crippen LogP contribution >= 0.6 is 0 Å². The molecule has 1 aliphatic carbocycles. The van der Waals surface area contributed by atoms with Gasteiger partial charge < -0.3 is 14.8 Å². The van der Waals surface area contributed by atoms with E-state index in [4.69, 9.17) is 9.47 Å². The Morgan fingerprint density at radius 2 is 1.62 bits per heavy atom. The van der Waals surface area contributed by atoms with Crippen molar-refractivity contribution < 1.29 is 32.2 Å². The number of amides is 1. The van der Waals surface area contributed by atoms with E-state index in [2.05, 4.69) is 12.2 Å². The maximum absolute atomic E-state index is 14.8. The Kier molecular flexibility index (Phi) is 12.9. The molecule has 2 aliphatic rings. The van der Waals surface area contributed by atoms with Gasteiger partial charge in [-0.25, -0.2) is 0 Å². The number of alkyl halides is 3. The third-order valence-electron chi connectivity index (χ3n) is 10.2. The minimum atomic E-state index is -4.65. The van der Waals surface area contributed by atoms with Crippen LogP contribution in [0.1, 0.15) is 100 Å². The number of esters is 1. The number of likely N-dealkylation sites (tertiary alicyclic amines) is 1. The molecule has 3 aromatic rings. The fraction of sp³-hybridized carbons (Fsp3) is 0.488. The van der Waals surface area contributed by atoms with Crippen LogP contribution in [0.2, 0.25) is 0 Å². The summed E-state index contributed by atoms with van der Waals surface area (Å²) in [5.41, 5.74) is 2.61. The van der Waals surface area contributed by atoms with E-state index in [1.54, 1.807) is 26.8 Å². The molecule has 1 N–H and O–H groups in total. The lowest BCUT2D eigenvalue weighted by atomic mass is 9.82. The summed E-state index contributed by atoms with van der Waals surface area (Å²) in [5.74, 6) is 0.505. The van der Waals surface area contributed by atoms with Gasteiger partial charge in [0, 0.05) is 18.0 Å². The molecular weight excluding hydrogens is 665 g/mol. The number of benzene rings is 3. The molecule has 1 saturated heterocycles. The highest BCUT2D eigenvalue weighted by Crippen LogP contribution is 2.39. The van der Waals surface area contributed by atoms with Crippen LogP contribution < -0.4 is 10.1 Å². The number of ether oxygens (including phenoxy) is 2. The van der Waals surface area contributed by atoms with Crippen molar-refractivity contribution in [3.8, 4) is 16.9 Å². The van der Waals surface area contributed by atoms with E-state index in [1.807, 2.05) is 60.4 Å². The number of nitrogens with one attached hydrogen (secondary N) is 1. The molecule has 0 aromatic heterocycles. The van der Waals surface area contributed by atoms with E-state index < -0.39 is 23.4 Å². The van der Waals surface area contributed by atoms with Gasteiger partial charge in [-0.2, -0.15) is 13.2 Å². The van der Waals surface area contributed by atoms with Crippen LogP contribution in [0.25, 0.3) is 23.3 Å². The highest BCUT2D eigenvalue weighted by atomic mass is 19.4. The summed E-state index contributed by atoms with van der Waals surface area (Å²) in [6.07, 6.45) is 4.52. The molecule has 0 unspecified atom stereocenters. The van der Waals surface area contributed by atoms with E-state index >= 15 is 0 Å². The molecule has 0 radical (unpaired) electrons. The van der Waals surface area contributed by atoms with Crippen LogP contribution in [-0.4, -0.2) is 48.1 Å². The molecule has 1 saturated carbocycles. The second-order valence-corrected chi connectivity index (χ2v) is 15.4. The zero-order valence-corrected chi connectivity index (χ0v) is 31.2. The number of hydrogen-bond donors (Lipinski definition) is 1. The second-order valence-electron chi connectivity index (χ2n) is 15.4. The van der Waals surface area contributed by atoms with Crippen molar-refractivity contribution in [2.24, 2.45) is 11.8 Å². The number of piperidine rings is 1. The molecule has 0 bridgehead atoms. The van der Waals surface area contributed by atoms with Gasteiger partial charge in [0.1, 0.15) is 24.0 Å². The van der Waals surface area contributed by atoms with Crippen LogP contribution in [0, 0.1) is 18.8 Å². The summed E-state index contributed by atoms with van der Waals surface area (Å²) in [6, 6.07) is 17.7. The van der Waals surface area contributed by atoms with Gasteiger partial charge in [0.2, 0.25) is 5.91 Å². The minimum absolute atomic E-state index is 0.00612. The first kappa shape index (κ1) is 39.1. The van der Waals surface area contributed by atoms with Crippen molar-refractivity contribution >= 4 is 24.0 Å². The molecule has 52 heavy (non-hydrogen) atoms. The highest BCUT2D eigenvalue weighted by molar-refractivity contribution is 5.80. The Bertz CT molecular complexity index is 1710. The first-order valence-corrected chi connectivity index (χ1v) is 18.6. The Morgan fingerprint density at radius 1 is 0.904 bits per heavy atom. The largest absolute Gasteiger partial charge is 0.491 e. The number of carbonyl (C=O) groups is 2. The second kappa shape index (κ2) is 17.1. The fourth-order valence-corrected chi connectivity index (χ4v) is 7.26. The van der Waals surface area contributed by atoms with Crippen LogP contribution in [0.15, 0.2) is 60.7 Å². The molecular formula is C43H53F3N2O4. The molecule has 1 atom stereocenters. The molecule has 6 nitrogen and oxygen atoms in total. The van der Waals surface area contributed by atoms with Crippen molar-refractivity contribution in [3.05, 3.63) is 88.5 Å². The van der Waals surface area contributed by atoms with E-state index in [0.29, 0.717) is 24.4 Å². The van der Waals surface area contributed by atoms with Crippen LogP contribution in [0.4, 0.5) is 13.2 Å². The first-order chi connectivity index (χ1) is 24.7. The molecule has 280 valence electrons. The van der Waals surface area contributed by atoms with Gasteiger partial charge in [-0.1, -0.05) is 74.0 Å². The van der Waals surface area contributed by atoms with Gasteiger partial charge >= 0.3 is 12.1 Å². The number of nitrogens with zero attached hydrogens (tertiary/aromatic N) is 1. The molecule has 2 fully saturated rings. The van der Waals surface area contributed by atoms with Gasteiger partial charge in [-0.15, -0.1) is 0 Å². The SMILES string of the molecule is Cc1c(/C=C/c2cc(OCCNC(=O)C3CCC(C)CC3)c(CN3CCCC[C@H]3C(=O)OC(C)(C)C)cc2C(F)(F)F)cccc1-c1ccccc1. The van der Waals surface area contributed by atoms with Crippen molar-refractivity contribution in [1.29, 1.82) is 0 Å². The van der Waals surface area contributed by atoms with Crippen LogP contribution in [0.5, 0.6) is 5.75 Å². The number of hydrogen-bond acceptors (Lipinski definition) is 5. The van der Waals surface area contributed by atoms with Gasteiger partial charge in [0.05, 0.1) is 12.1 Å². The number of rotatable bonds is 11. The third kappa shape index (κ3) is 10.5. The molecule has 3 aromatic carbocycles. The topological polar surface area (TPSA) is 67.9 Å². The number of carbonyl (C=O) groups excluding carboxylic acids is 2. The maximum atomic E-state index is 14.8. The van der Waals surface area contributed by atoms with Gasteiger partial charge in [-0.3, -0.25) is 14.5 Å². The Morgan fingerprint density at radius 3 is 2.31 bits per heavy atom. The average molecular weight is 719 g/mol. The van der Waals surface area contributed by atoms with E-state index in [1.165, 1.54) is 12.1 Å². The number of halogens is 3. The Balaban J connectivity index is 1.45. The van der Waals surface area contributed by atoms with Gasteiger partial charge in [0.15, 0.2) is 0 Å². The average Bonchev–Trinajstić information content (AvgIpc) is 3.10. The lowest BCUT2D eigenvalue weighted by molar-refractivity contribution is -0.163. The van der Waals surface area contributed by atoms with Gasteiger partial charge in [-0.05, 0) is 119 Å². The van der Waals surface area contributed by atoms with Gasteiger partial charge in [0.25, 0.3) is 0 Å². The molecule has 0 spiro atoms. The van der Waals surface area contributed by atoms with Crippen molar-refractivity contribution in [2.75, 3.05) is 19.7 Å². The molecule has 1 aliphatic heterocycles. The van der Waals surface area contributed by atoms with E-state index in [9.17, 15) is 22.8 Å². The lowest BCUT2D eigenvalue weighted by Crippen LogP contribution is -2.46. The monoisotopic (exact) mass is 718 g/mol. The minimum Gasteiger partial charge on any atom is -0.491 e. The normalized spacial score (nSPS) is 20.1. The Hall–Kier alpha value is -4.11. The summed E-state index contributed by atoms with van der Waals surface area (Å²) in [6.45, 7) is 10.5. The quantitative estimate of drug-likeness (QED) is 0.122. The standard InChI is InChI=1S/C43H53F3N2O4/c1-29-17-19-33(20-18-29)40(49)47-23-25-51-39-27-34(22-21-31-14-11-15-36(30(31)2)32-12-7-6-8-13-32)37(43(44,45)46)26-35(39)28-48-24-10-9-16-38(48)41(50)52-42(3,4)5/h6-8,11-15,21-22,26-27,29,33,38H,9-10,16-20,23-25,28H2,1-5H3,(H,47,49)/b22-21+/t29?,33?,38-/m0/s1. The summed E-state index contributed by atoms with van der Waals surface area (Å²) in [5, 5.41) is 2.97.